The van der Waals surface area contributed by atoms with Gasteiger partial charge in [-0.1, -0.05) is 19.3 Å². The topological polar surface area (TPSA) is 96.3 Å². The van der Waals surface area contributed by atoms with E-state index in [4.69, 9.17) is 0 Å². The first-order valence-corrected chi connectivity index (χ1v) is 7.78. The molecule has 1 aliphatic rings. The Morgan fingerprint density at radius 2 is 2.00 bits per heavy atom. The number of urea groups is 1. The van der Waals surface area contributed by atoms with E-state index < -0.39 is 10.7 Å². The largest absolute Gasteiger partial charge is 0.381 e. The van der Waals surface area contributed by atoms with Crippen molar-refractivity contribution in [3.8, 4) is 0 Å². The first kappa shape index (κ1) is 17.0. The number of nitrogens with zero attached hydrogens (tertiary/aromatic N) is 1. The lowest BCUT2D eigenvalue weighted by atomic mass is 9.96. The summed E-state index contributed by atoms with van der Waals surface area (Å²) in [7, 11) is 0. The average molecular weight is 324 g/mol. The van der Waals surface area contributed by atoms with Crippen LogP contribution in [-0.2, 0) is 0 Å². The standard InChI is InChI=1S/C15H21FN4O3/c16-13-10-12(20(22)23)6-7-14(13)17-8-9-18-15(21)19-11-4-2-1-3-5-11/h6-7,10-11,17H,1-5,8-9H2,(H2,18,19,21). The fraction of sp³-hybridized carbons (Fsp3) is 0.533. The summed E-state index contributed by atoms with van der Waals surface area (Å²) in [6, 6.07) is 3.43. The Balaban J connectivity index is 1.68. The predicted octanol–water partition coefficient (Wildman–Crippen LogP) is 2.78. The van der Waals surface area contributed by atoms with Crippen molar-refractivity contribution in [3.05, 3.63) is 34.1 Å². The minimum absolute atomic E-state index is 0.171. The Hall–Kier alpha value is -2.38. The lowest BCUT2D eigenvalue weighted by Crippen LogP contribution is -2.44. The maximum atomic E-state index is 13.6. The molecule has 0 heterocycles. The third kappa shape index (κ3) is 5.39. The van der Waals surface area contributed by atoms with Gasteiger partial charge in [-0.05, 0) is 18.9 Å². The molecule has 0 aliphatic heterocycles. The fourth-order valence-corrected chi connectivity index (χ4v) is 2.62. The summed E-state index contributed by atoms with van der Waals surface area (Å²) in [5, 5.41) is 19.0. The molecule has 2 rings (SSSR count). The third-order valence-corrected chi connectivity index (χ3v) is 3.83. The second kappa shape index (κ2) is 8.30. The lowest BCUT2D eigenvalue weighted by Gasteiger charge is -2.22. The Labute approximate surface area is 133 Å². The van der Waals surface area contributed by atoms with E-state index in [0.29, 0.717) is 13.1 Å². The zero-order chi connectivity index (χ0) is 16.7. The molecule has 2 amide bonds. The Morgan fingerprint density at radius 1 is 1.26 bits per heavy atom. The molecule has 8 heteroatoms. The molecule has 1 aromatic rings. The molecule has 1 aliphatic carbocycles. The van der Waals surface area contributed by atoms with Gasteiger partial charge in [0.15, 0.2) is 5.82 Å². The predicted molar refractivity (Wildman–Crippen MR) is 85.0 cm³/mol. The van der Waals surface area contributed by atoms with Gasteiger partial charge < -0.3 is 16.0 Å². The number of nitrogens with one attached hydrogen (secondary N) is 3. The molecule has 0 atom stereocenters. The molecule has 0 spiro atoms. The van der Waals surface area contributed by atoms with E-state index >= 15 is 0 Å². The summed E-state index contributed by atoms with van der Waals surface area (Å²) < 4.78 is 13.6. The van der Waals surface area contributed by atoms with Gasteiger partial charge >= 0.3 is 6.03 Å². The molecule has 0 saturated heterocycles. The van der Waals surface area contributed by atoms with Crippen LogP contribution in [0.5, 0.6) is 0 Å². The van der Waals surface area contributed by atoms with Crippen LogP contribution >= 0.6 is 0 Å². The number of nitro groups is 1. The molecular weight excluding hydrogens is 303 g/mol. The molecule has 0 aromatic heterocycles. The average Bonchev–Trinajstić information content (AvgIpc) is 2.53. The first-order chi connectivity index (χ1) is 11.1. The molecule has 3 N–H and O–H groups in total. The van der Waals surface area contributed by atoms with E-state index in [1.165, 1.54) is 18.6 Å². The number of carbonyl (C=O) groups is 1. The van der Waals surface area contributed by atoms with E-state index in [1.807, 2.05) is 0 Å². The summed E-state index contributed by atoms with van der Waals surface area (Å²) >= 11 is 0. The van der Waals surface area contributed by atoms with Crippen molar-refractivity contribution in [2.75, 3.05) is 18.4 Å². The van der Waals surface area contributed by atoms with E-state index in [9.17, 15) is 19.3 Å². The number of nitro benzene ring substituents is 1. The maximum Gasteiger partial charge on any atom is 0.315 e. The highest BCUT2D eigenvalue weighted by Gasteiger charge is 2.15. The van der Waals surface area contributed by atoms with Crippen LogP contribution in [0.3, 0.4) is 0 Å². The van der Waals surface area contributed by atoms with Crippen LogP contribution < -0.4 is 16.0 Å². The summed E-state index contributed by atoms with van der Waals surface area (Å²) in [6.45, 7) is 0.655. The molecule has 126 valence electrons. The smallest absolute Gasteiger partial charge is 0.315 e. The van der Waals surface area contributed by atoms with E-state index in [2.05, 4.69) is 16.0 Å². The molecule has 0 unspecified atom stereocenters. The van der Waals surface area contributed by atoms with Gasteiger partial charge in [0, 0.05) is 25.2 Å². The highest BCUT2D eigenvalue weighted by Crippen LogP contribution is 2.20. The maximum absolute atomic E-state index is 13.6. The van der Waals surface area contributed by atoms with Crippen LogP contribution in [0, 0.1) is 15.9 Å². The fourth-order valence-electron chi connectivity index (χ4n) is 2.62. The molecule has 7 nitrogen and oxygen atoms in total. The number of rotatable bonds is 6. The van der Waals surface area contributed by atoms with E-state index in [-0.39, 0.29) is 23.4 Å². The van der Waals surface area contributed by atoms with Gasteiger partial charge in [-0.2, -0.15) is 0 Å². The van der Waals surface area contributed by atoms with Crippen LogP contribution in [-0.4, -0.2) is 30.1 Å². The summed E-state index contributed by atoms with van der Waals surface area (Å²) in [4.78, 5) is 21.6. The Kier molecular flexibility index (Phi) is 6.13. The zero-order valence-corrected chi connectivity index (χ0v) is 12.8. The van der Waals surface area contributed by atoms with Gasteiger partial charge in [0.05, 0.1) is 16.7 Å². The second-order valence-corrected chi connectivity index (χ2v) is 5.58. The van der Waals surface area contributed by atoms with Crippen molar-refractivity contribution in [1.82, 2.24) is 10.6 Å². The van der Waals surface area contributed by atoms with Gasteiger partial charge in [0.1, 0.15) is 0 Å². The molecule has 0 bridgehead atoms. The number of anilines is 1. The third-order valence-electron chi connectivity index (χ3n) is 3.83. The molecule has 23 heavy (non-hydrogen) atoms. The van der Waals surface area contributed by atoms with Gasteiger partial charge in [0.25, 0.3) is 5.69 Å². The number of halogens is 1. The minimum Gasteiger partial charge on any atom is -0.381 e. The number of amides is 2. The Morgan fingerprint density at radius 3 is 2.65 bits per heavy atom. The molecule has 1 aromatic carbocycles. The number of carbonyl (C=O) groups excluding carboxylic acids is 1. The van der Waals surface area contributed by atoms with Crippen LogP contribution in [0.1, 0.15) is 32.1 Å². The van der Waals surface area contributed by atoms with Gasteiger partial charge in [0.2, 0.25) is 0 Å². The summed E-state index contributed by atoms with van der Waals surface area (Å²) in [5.74, 6) is -0.689. The van der Waals surface area contributed by atoms with Gasteiger partial charge in [-0.25, -0.2) is 9.18 Å². The molecule has 1 saturated carbocycles. The van der Waals surface area contributed by atoms with Crippen molar-refractivity contribution in [2.24, 2.45) is 0 Å². The number of hydrogen-bond donors (Lipinski definition) is 3. The second-order valence-electron chi connectivity index (χ2n) is 5.58. The molecule has 1 fully saturated rings. The number of non-ortho nitro benzene ring substituents is 1. The normalized spacial score (nSPS) is 15.0. The lowest BCUT2D eigenvalue weighted by molar-refractivity contribution is -0.385. The van der Waals surface area contributed by atoms with Crippen LogP contribution in [0.25, 0.3) is 0 Å². The van der Waals surface area contributed by atoms with Gasteiger partial charge in [-0.3, -0.25) is 10.1 Å². The first-order valence-electron chi connectivity index (χ1n) is 7.78. The number of hydrogen-bond acceptors (Lipinski definition) is 4. The quantitative estimate of drug-likeness (QED) is 0.426. The van der Waals surface area contributed by atoms with Crippen molar-refractivity contribution < 1.29 is 14.1 Å². The van der Waals surface area contributed by atoms with Crippen LogP contribution in [0.4, 0.5) is 20.6 Å². The van der Waals surface area contributed by atoms with E-state index in [0.717, 1.165) is 31.7 Å². The van der Waals surface area contributed by atoms with Crippen molar-refractivity contribution >= 4 is 17.4 Å². The van der Waals surface area contributed by atoms with Crippen molar-refractivity contribution in [3.63, 3.8) is 0 Å². The SMILES string of the molecule is O=C(NCCNc1ccc([N+](=O)[O-])cc1F)NC1CCCCC1. The Bertz CT molecular complexity index is 562. The summed E-state index contributed by atoms with van der Waals surface area (Å²) in [5.41, 5.74) is -0.122. The van der Waals surface area contributed by atoms with Crippen LogP contribution in [0.15, 0.2) is 18.2 Å². The number of benzene rings is 1. The highest BCUT2D eigenvalue weighted by molar-refractivity contribution is 5.74. The minimum atomic E-state index is -0.689. The van der Waals surface area contributed by atoms with Crippen molar-refractivity contribution in [2.45, 2.75) is 38.1 Å². The highest BCUT2D eigenvalue weighted by atomic mass is 19.1. The van der Waals surface area contributed by atoms with Gasteiger partial charge in [-0.15, -0.1) is 0 Å². The van der Waals surface area contributed by atoms with Crippen LogP contribution in [0.2, 0.25) is 0 Å². The summed E-state index contributed by atoms with van der Waals surface area (Å²) in [6.07, 6.45) is 5.54. The zero-order valence-electron chi connectivity index (χ0n) is 12.8. The molecular formula is C15H21FN4O3. The van der Waals surface area contributed by atoms with E-state index in [1.54, 1.807) is 0 Å². The van der Waals surface area contributed by atoms with Crippen molar-refractivity contribution in [1.29, 1.82) is 0 Å². The monoisotopic (exact) mass is 324 g/mol. The molecule has 0 radical (unpaired) electrons.